The van der Waals surface area contributed by atoms with E-state index in [0.29, 0.717) is 35.2 Å². The monoisotopic (exact) mass is 323 g/mol. The Morgan fingerprint density at radius 1 is 1.14 bits per heavy atom. The molecule has 3 nitrogen and oxygen atoms in total. The summed E-state index contributed by atoms with van der Waals surface area (Å²) in [4.78, 5) is 0.685. The van der Waals surface area contributed by atoms with Crippen molar-refractivity contribution in [2.75, 3.05) is 12.4 Å². The van der Waals surface area contributed by atoms with E-state index >= 15 is 0 Å². The van der Waals surface area contributed by atoms with Gasteiger partial charge in [-0.2, -0.15) is 0 Å². The largest absolute Gasteiger partial charge is 0.494 e. The first kappa shape index (κ1) is 16.0. The van der Waals surface area contributed by atoms with Crippen LogP contribution in [-0.4, -0.2) is 16.6 Å². The molecule has 0 spiro atoms. The van der Waals surface area contributed by atoms with Gasteiger partial charge in [-0.25, -0.2) is 0 Å². The van der Waals surface area contributed by atoms with Crippen molar-refractivity contribution >= 4 is 22.4 Å². The minimum atomic E-state index is -1.09. The van der Waals surface area contributed by atoms with E-state index in [1.165, 1.54) is 0 Å². The maximum absolute atomic E-state index is 12.1. The third kappa shape index (κ3) is 4.84. The van der Waals surface area contributed by atoms with Gasteiger partial charge in [-0.15, -0.1) is 0 Å². The number of hydrogen-bond donors (Lipinski definition) is 1. The summed E-state index contributed by atoms with van der Waals surface area (Å²) in [6, 6.07) is 14.9. The molecule has 0 bridgehead atoms. The highest BCUT2D eigenvalue weighted by molar-refractivity contribution is 7.85. The summed E-state index contributed by atoms with van der Waals surface area (Å²) < 4.78 is 17.8. The Morgan fingerprint density at radius 2 is 1.95 bits per heavy atom. The first-order valence-corrected chi connectivity index (χ1v) is 8.45. The maximum atomic E-state index is 12.1. The molecule has 2 rings (SSSR count). The van der Waals surface area contributed by atoms with Crippen molar-refractivity contribution < 1.29 is 8.95 Å². The average Bonchev–Trinajstić information content (AvgIpc) is 2.52. The van der Waals surface area contributed by atoms with E-state index in [0.717, 1.165) is 11.3 Å². The molecule has 0 aromatic heterocycles. The van der Waals surface area contributed by atoms with E-state index in [1.54, 1.807) is 12.1 Å². The van der Waals surface area contributed by atoms with Gasteiger partial charge in [0.25, 0.3) is 0 Å². The molecule has 2 aromatic carbocycles. The van der Waals surface area contributed by atoms with Crippen molar-refractivity contribution in [2.45, 2.75) is 17.9 Å². The smallest absolute Gasteiger partial charge is 0.119 e. The van der Waals surface area contributed by atoms with E-state index in [2.05, 4.69) is 0 Å². The van der Waals surface area contributed by atoms with E-state index in [9.17, 15) is 4.21 Å². The second kappa shape index (κ2) is 8.17. The number of halogens is 1. The summed E-state index contributed by atoms with van der Waals surface area (Å²) in [7, 11) is -1.09. The molecule has 1 atom stereocenters. The third-order valence-corrected chi connectivity index (χ3v) is 4.91. The number of ether oxygens (including phenoxy) is 1. The van der Waals surface area contributed by atoms with Crippen LogP contribution >= 0.6 is 11.6 Å². The fourth-order valence-corrected chi connectivity index (χ4v) is 3.39. The molecule has 0 aliphatic heterocycles. The van der Waals surface area contributed by atoms with E-state index in [1.807, 2.05) is 36.4 Å². The lowest BCUT2D eigenvalue weighted by Crippen LogP contribution is -2.05. The quantitative estimate of drug-likeness (QED) is 0.795. The molecule has 21 heavy (non-hydrogen) atoms. The molecule has 112 valence electrons. The van der Waals surface area contributed by atoms with Crippen molar-refractivity contribution in [2.24, 2.45) is 5.73 Å². The van der Waals surface area contributed by atoms with Crippen molar-refractivity contribution in [3.05, 3.63) is 59.1 Å². The molecule has 0 radical (unpaired) electrons. The summed E-state index contributed by atoms with van der Waals surface area (Å²) >= 11 is 6.03. The molecule has 5 heteroatoms. The van der Waals surface area contributed by atoms with Crippen molar-refractivity contribution in [1.29, 1.82) is 0 Å². The van der Waals surface area contributed by atoms with Crippen LogP contribution in [0.4, 0.5) is 0 Å². The van der Waals surface area contributed by atoms with Crippen LogP contribution in [0.15, 0.2) is 53.4 Å². The zero-order valence-corrected chi connectivity index (χ0v) is 13.2. The standard InChI is InChI=1S/C16H18ClNO2S/c17-15-7-1-2-8-16(15)21(19)10-4-9-20-14-6-3-5-13(11-14)12-18/h1-3,5-8,11H,4,9-10,12,18H2. The van der Waals surface area contributed by atoms with Crippen LogP contribution in [0.1, 0.15) is 12.0 Å². The molecule has 2 aromatic rings. The maximum Gasteiger partial charge on any atom is 0.119 e. The van der Waals surface area contributed by atoms with Crippen LogP contribution in [0.2, 0.25) is 5.02 Å². The normalized spacial score (nSPS) is 12.1. The number of hydrogen-bond acceptors (Lipinski definition) is 3. The van der Waals surface area contributed by atoms with Gasteiger partial charge in [0.15, 0.2) is 0 Å². The Hall–Kier alpha value is -1.36. The number of nitrogens with two attached hydrogens (primary N) is 1. The predicted octanol–water partition coefficient (Wildman–Crippen LogP) is 3.38. The number of rotatable bonds is 7. The van der Waals surface area contributed by atoms with Crippen molar-refractivity contribution in [3.8, 4) is 5.75 Å². The summed E-state index contributed by atoms with van der Waals surface area (Å²) in [5.41, 5.74) is 6.62. The molecular weight excluding hydrogens is 306 g/mol. The second-order valence-corrected chi connectivity index (χ2v) is 6.48. The lowest BCUT2D eigenvalue weighted by atomic mass is 10.2. The van der Waals surface area contributed by atoms with Gasteiger partial charge in [-0.1, -0.05) is 35.9 Å². The zero-order chi connectivity index (χ0) is 15.1. The van der Waals surface area contributed by atoms with E-state index < -0.39 is 10.8 Å². The Kier molecular flexibility index (Phi) is 6.23. The summed E-state index contributed by atoms with van der Waals surface area (Å²) in [5.74, 6) is 1.32. The van der Waals surface area contributed by atoms with Gasteiger partial charge in [0.1, 0.15) is 5.75 Å². The van der Waals surface area contributed by atoms with Crippen LogP contribution in [0.25, 0.3) is 0 Å². The summed E-state index contributed by atoms with van der Waals surface area (Å²) in [5, 5.41) is 0.549. The SMILES string of the molecule is NCc1cccc(OCCCS(=O)c2ccccc2Cl)c1. The van der Waals surface area contributed by atoms with Crippen molar-refractivity contribution in [3.63, 3.8) is 0 Å². The topological polar surface area (TPSA) is 52.3 Å². The Balaban J connectivity index is 1.79. The molecule has 0 saturated heterocycles. The molecule has 0 fully saturated rings. The van der Waals surface area contributed by atoms with Crippen LogP contribution in [-0.2, 0) is 17.3 Å². The van der Waals surface area contributed by atoms with Crippen molar-refractivity contribution in [1.82, 2.24) is 0 Å². The Labute approximate surface area is 132 Å². The average molecular weight is 324 g/mol. The minimum absolute atomic E-state index is 0.494. The Bertz CT molecular complexity index is 619. The van der Waals surface area contributed by atoms with E-state index in [-0.39, 0.29) is 0 Å². The molecule has 0 aliphatic rings. The highest BCUT2D eigenvalue weighted by Crippen LogP contribution is 2.19. The highest BCUT2D eigenvalue weighted by Gasteiger charge is 2.07. The van der Waals surface area contributed by atoms with Gasteiger partial charge in [-0.3, -0.25) is 4.21 Å². The lowest BCUT2D eigenvalue weighted by molar-refractivity contribution is 0.318. The molecule has 1 unspecified atom stereocenters. The fourth-order valence-electron chi connectivity index (χ4n) is 1.88. The van der Waals surface area contributed by atoms with Gasteiger partial charge in [0, 0.05) is 12.3 Å². The zero-order valence-electron chi connectivity index (χ0n) is 11.6. The lowest BCUT2D eigenvalue weighted by Gasteiger charge is -2.08. The minimum Gasteiger partial charge on any atom is -0.494 e. The van der Waals surface area contributed by atoms with Crippen LogP contribution in [0.5, 0.6) is 5.75 Å². The second-order valence-electron chi connectivity index (χ2n) is 4.53. The molecule has 0 saturated carbocycles. The predicted molar refractivity (Wildman–Crippen MR) is 87.2 cm³/mol. The van der Waals surface area contributed by atoms with Crippen LogP contribution in [0, 0.1) is 0 Å². The summed E-state index contributed by atoms with van der Waals surface area (Å²) in [6.07, 6.45) is 0.699. The molecule has 0 heterocycles. The van der Waals surface area contributed by atoms with Gasteiger partial charge in [0.2, 0.25) is 0 Å². The third-order valence-electron chi connectivity index (χ3n) is 2.96. The van der Waals surface area contributed by atoms with Gasteiger partial charge >= 0.3 is 0 Å². The molecule has 0 amide bonds. The molecular formula is C16H18ClNO2S. The van der Waals surface area contributed by atoms with Gasteiger partial charge in [-0.05, 0) is 36.2 Å². The molecule has 0 aliphatic carbocycles. The fraction of sp³-hybridized carbons (Fsp3) is 0.250. The van der Waals surface area contributed by atoms with Gasteiger partial charge < -0.3 is 10.5 Å². The highest BCUT2D eigenvalue weighted by atomic mass is 35.5. The number of benzene rings is 2. The summed E-state index contributed by atoms with van der Waals surface area (Å²) in [6.45, 7) is 1.01. The molecule has 2 N–H and O–H groups in total. The first-order valence-electron chi connectivity index (χ1n) is 6.75. The Morgan fingerprint density at radius 3 is 2.71 bits per heavy atom. The van der Waals surface area contributed by atoms with Crippen LogP contribution in [0.3, 0.4) is 0 Å². The van der Waals surface area contributed by atoms with E-state index in [4.69, 9.17) is 22.1 Å². The first-order chi connectivity index (χ1) is 10.2. The van der Waals surface area contributed by atoms with Gasteiger partial charge in [0.05, 0.1) is 27.3 Å². The van der Waals surface area contributed by atoms with Crippen LogP contribution < -0.4 is 10.5 Å².